The minimum atomic E-state index is -0.311. The Balaban J connectivity index is 1.95. The third kappa shape index (κ3) is 2.09. The molecule has 0 aliphatic carbocycles. The van der Waals surface area contributed by atoms with Crippen LogP contribution in [-0.4, -0.2) is 20.6 Å². The van der Waals surface area contributed by atoms with Gasteiger partial charge in [-0.2, -0.15) is 0 Å². The number of phenolic OH excluding ortho intramolecular Hbond substituents is 1. The van der Waals surface area contributed by atoms with Crippen molar-refractivity contribution >= 4 is 22.6 Å². The van der Waals surface area contributed by atoms with E-state index in [1.807, 2.05) is 24.3 Å². The average Bonchev–Trinajstić information content (AvgIpc) is 2.77. The Morgan fingerprint density at radius 1 is 1.20 bits per heavy atom. The number of benzene rings is 2. The van der Waals surface area contributed by atoms with E-state index >= 15 is 0 Å². The van der Waals surface area contributed by atoms with Gasteiger partial charge in [-0.25, -0.2) is 4.98 Å². The summed E-state index contributed by atoms with van der Waals surface area (Å²) in [5.41, 5.74) is 2.20. The summed E-state index contributed by atoms with van der Waals surface area (Å²) in [6, 6.07) is 14.0. The number of hydrogen-bond donors (Lipinski definition) is 2. The van der Waals surface area contributed by atoms with Gasteiger partial charge in [0.15, 0.2) is 5.82 Å². The van der Waals surface area contributed by atoms with Crippen molar-refractivity contribution < 1.29 is 9.90 Å². The van der Waals surface area contributed by atoms with E-state index in [1.165, 1.54) is 6.07 Å². The topological polar surface area (TPSA) is 67.2 Å². The van der Waals surface area contributed by atoms with Crippen molar-refractivity contribution in [1.29, 1.82) is 0 Å². The molecule has 0 radical (unpaired) electrons. The van der Waals surface area contributed by atoms with Crippen molar-refractivity contribution in [1.82, 2.24) is 9.55 Å². The second-order valence-electron chi connectivity index (χ2n) is 4.49. The van der Waals surface area contributed by atoms with E-state index in [1.54, 1.807) is 29.8 Å². The smallest absolute Gasteiger partial charge is 0.291 e. The first-order valence-corrected chi connectivity index (χ1v) is 6.17. The molecule has 3 rings (SSSR count). The number of fused-ring (bicyclic) bond motifs is 1. The molecule has 2 N–H and O–H groups in total. The fourth-order valence-electron chi connectivity index (χ4n) is 2.12. The van der Waals surface area contributed by atoms with Gasteiger partial charge in [-0.15, -0.1) is 0 Å². The monoisotopic (exact) mass is 267 g/mol. The molecule has 0 aliphatic heterocycles. The fraction of sp³-hybridized carbons (Fsp3) is 0.0667. The van der Waals surface area contributed by atoms with Gasteiger partial charge < -0.3 is 15.0 Å². The van der Waals surface area contributed by atoms with Crippen LogP contribution in [0.4, 0.5) is 5.69 Å². The molecule has 0 fully saturated rings. The summed E-state index contributed by atoms with van der Waals surface area (Å²) in [7, 11) is 1.80. The molecular weight excluding hydrogens is 254 g/mol. The number of aryl methyl sites for hydroxylation is 1. The first-order chi connectivity index (χ1) is 9.65. The van der Waals surface area contributed by atoms with Gasteiger partial charge in [-0.1, -0.05) is 18.2 Å². The average molecular weight is 267 g/mol. The minimum absolute atomic E-state index is 0.104. The number of amides is 1. The van der Waals surface area contributed by atoms with Crippen molar-refractivity contribution in [3.63, 3.8) is 0 Å². The number of carbonyl (C=O) groups excluding carboxylic acids is 1. The molecule has 1 amide bonds. The van der Waals surface area contributed by atoms with Gasteiger partial charge in [-0.05, 0) is 24.3 Å². The molecule has 2 aromatic carbocycles. The molecule has 0 bridgehead atoms. The summed E-state index contributed by atoms with van der Waals surface area (Å²) in [6.45, 7) is 0. The molecule has 0 spiro atoms. The summed E-state index contributed by atoms with van der Waals surface area (Å²) in [5, 5.41) is 12.1. The highest BCUT2D eigenvalue weighted by atomic mass is 16.3. The van der Waals surface area contributed by atoms with Crippen molar-refractivity contribution in [3.8, 4) is 5.75 Å². The Bertz CT molecular complexity index is 793. The number of para-hydroxylation sites is 2. The van der Waals surface area contributed by atoms with Crippen LogP contribution in [0.5, 0.6) is 5.75 Å². The van der Waals surface area contributed by atoms with Gasteiger partial charge in [-0.3, -0.25) is 4.79 Å². The standard InChI is InChI=1S/C15H13N3O2/c1-18-13-8-3-2-7-12(13)17-14(18)15(20)16-10-5-4-6-11(19)9-10/h2-9,19H,1H3,(H,16,20). The quantitative estimate of drug-likeness (QED) is 0.749. The number of phenols is 1. The maximum absolute atomic E-state index is 12.2. The number of aromatic nitrogens is 2. The fourth-order valence-corrected chi connectivity index (χ4v) is 2.12. The Morgan fingerprint density at radius 3 is 2.75 bits per heavy atom. The number of anilines is 1. The molecule has 0 aliphatic rings. The molecule has 0 unspecified atom stereocenters. The zero-order valence-corrected chi connectivity index (χ0v) is 10.9. The van der Waals surface area contributed by atoms with E-state index in [-0.39, 0.29) is 11.7 Å². The number of rotatable bonds is 2. The van der Waals surface area contributed by atoms with Gasteiger partial charge in [0.05, 0.1) is 11.0 Å². The highest BCUT2D eigenvalue weighted by Crippen LogP contribution is 2.18. The Morgan fingerprint density at radius 2 is 2.00 bits per heavy atom. The van der Waals surface area contributed by atoms with Crippen molar-refractivity contribution in [2.24, 2.45) is 7.05 Å². The number of carbonyl (C=O) groups is 1. The summed E-state index contributed by atoms with van der Waals surface area (Å²) in [5.74, 6) is 0.122. The van der Waals surface area contributed by atoms with Gasteiger partial charge in [0.2, 0.25) is 0 Å². The van der Waals surface area contributed by atoms with Crippen molar-refractivity contribution in [2.45, 2.75) is 0 Å². The van der Waals surface area contributed by atoms with Crippen LogP contribution in [0.1, 0.15) is 10.6 Å². The number of hydrogen-bond acceptors (Lipinski definition) is 3. The zero-order chi connectivity index (χ0) is 14.1. The molecule has 0 saturated carbocycles. The summed E-state index contributed by atoms with van der Waals surface area (Å²) in [6.07, 6.45) is 0. The Hall–Kier alpha value is -2.82. The van der Waals surface area contributed by atoms with Crippen LogP contribution in [0.3, 0.4) is 0 Å². The van der Waals surface area contributed by atoms with Crippen molar-refractivity contribution in [3.05, 3.63) is 54.4 Å². The van der Waals surface area contributed by atoms with Gasteiger partial charge >= 0.3 is 0 Å². The van der Waals surface area contributed by atoms with E-state index in [9.17, 15) is 9.90 Å². The van der Waals surface area contributed by atoms with E-state index in [0.29, 0.717) is 11.5 Å². The Kier molecular flexibility index (Phi) is 2.87. The molecule has 1 heterocycles. The lowest BCUT2D eigenvalue weighted by atomic mass is 10.3. The molecule has 0 atom stereocenters. The maximum Gasteiger partial charge on any atom is 0.291 e. The lowest BCUT2D eigenvalue weighted by molar-refractivity contribution is 0.101. The lowest BCUT2D eigenvalue weighted by Crippen LogP contribution is -2.16. The minimum Gasteiger partial charge on any atom is -0.508 e. The summed E-state index contributed by atoms with van der Waals surface area (Å²) >= 11 is 0. The molecule has 20 heavy (non-hydrogen) atoms. The van der Waals surface area contributed by atoms with Crippen LogP contribution < -0.4 is 5.32 Å². The number of nitrogens with one attached hydrogen (secondary N) is 1. The van der Waals surface area contributed by atoms with Crippen LogP contribution in [0.15, 0.2) is 48.5 Å². The number of nitrogens with zero attached hydrogens (tertiary/aromatic N) is 2. The predicted molar refractivity (Wildman–Crippen MR) is 76.8 cm³/mol. The van der Waals surface area contributed by atoms with Crippen LogP contribution in [0.25, 0.3) is 11.0 Å². The second-order valence-corrected chi connectivity index (χ2v) is 4.49. The van der Waals surface area contributed by atoms with Crippen molar-refractivity contribution in [2.75, 3.05) is 5.32 Å². The highest BCUT2D eigenvalue weighted by molar-refractivity contribution is 6.03. The van der Waals surface area contributed by atoms with Crippen LogP contribution in [0.2, 0.25) is 0 Å². The largest absolute Gasteiger partial charge is 0.508 e. The first kappa shape index (κ1) is 12.2. The molecule has 5 nitrogen and oxygen atoms in total. The third-order valence-corrected chi connectivity index (χ3v) is 3.09. The van der Waals surface area contributed by atoms with Crippen LogP contribution in [-0.2, 0) is 7.05 Å². The predicted octanol–water partition coefficient (Wildman–Crippen LogP) is 2.53. The Labute approximate surface area is 115 Å². The van der Waals surface area contributed by atoms with Gasteiger partial charge in [0.1, 0.15) is 5.75 Å². The zero-order valence-electron chi connectivity index (χ0n) is 10.9. The van der Waals surface area contributed by atoms with Crippen LogP contribution in [0, 0.1) is 0 Å². The van der Waals surface area contributed by atoms with Gasteiger partial charge in [0, 0.05) is 18.8 Å². The number of aromatic hydroxyl groups is 1. The molecule has 3 aromatic rings. The molecule has 0 saturated heterocycles. The van der Waals surface area contributed by atoms with Crippen LogP contribution >= 0.6 is 0 Å². The molecule has 1 aromatic heterocycles. The van der Waals surface area contributed by atoms with E-state index < -0.39 is 0 Å². The second kappa shape index (κ2) is 4.70. The summed E-state index contributed by atoms with van der Waals surface area (Å²) < 4.78 is 1.74. The van der Waals surface area contributed by atoms with Gasteiger partial charge in [0.25, 0.3) is 5.91 Å². The maximum atomic E-state index is 12.2. The van der Waals surface area contributed by atoms with E-state index in [4.69, 9.17) is 0 Å². The highest BCUT2D eigenvalue weighted by Gasteiger charge is 2.15. The molecule has 5 heteroatoms. The number of imidazole rings is 1. The van der Waals surface area contributed by atoms with E-state index in [2.05, 4.69) is 10.3 Å². The SMILES string of the molecule is Cn1c(C(=O)Nc2cccc(O)c2)nc2ccccc21. The summed E-state index contributed by atoms with van der Waals surface area (Å²) in [4.78, 5) is 16.6. The molecular formula is C15H13N3O2. The first-order valence-electron chi connectivity index (χ1n) is 6.17. The third-order valence-electron chi connectivity index (χ3n) is 3.09. The lowest BCUT2D eigenvalue weighted by Gasteiger charge is -2.05. The molecule has 100 valence electrons. The van der Waals surface area contributed by atoms with E-state index in [0.717, 1.165) is 11.0 Å². The normalized spacial score (nSPS) is 10.7.